The maximum absolute atomic E-state index is 5.07. The van der Waals surface area contributed by atoms with Crippen molar-refractivity contribution in [2.45, 2.75) is 46.0 Å². The van der Waals surface area contributed by atoms with Crippen molar-refractivity contribution < 1.29 is 0 Å². The van der Waals surface area contributed by atoms with Crippen LogP contribution >= 0.6 is 0 Å². The average molecular weight is 1250 g/mol. The molecule has 2 aliphatic rings. The summed E-state index contributed by atoms with van der Waals surface area (Å²) in [5.74, 6) is 3.93. The van der Waals surface area contributed by atoms with E-state index in [2.05, 4.69) is 246 Å². The van der Waals surface area contributed by atoms with E-state index in [9.17, 15) is 0 Å². The molecule has 0 spiro atoms. The fraction of sp³-hybridized carbons (Fsp3) is 0.0769. The molecule has 462 valence electrons. The van der Waals surface area contributed by atoms with E-state index in [0.29, 0.717) is 34.9 Å². The van der Waals surface area contributed by atoms with Crippen molar-refractivity contribution in [1.82, 2.24) is 29.9 Å². The first-order valence-electron chi connectivity index (χ1n) is 32.9. The molecule has 18 rings (SSSR count). The summed E-state index contributed by atoms with van der Waals surface area (Å²) < 4.78 is 0. The number of benzene rings is 14. The fourth-order valence-corrected chi connectivity index (χ4v) is 14.6. The molecular weight excluding hydrogens is 1180 g/mol. The van der Waals surface area contributed by atoms with Gasteiger partial charge in [-0.3, -0.25) is 0 Å². The van der Waals surface area contributed by atoms with Gasteiger partial charge in [0.05, 0.1) is 0 Å². The number of fused-ring (bicyclic) bond motifs is 9. The minimum Gasteiger partial charge on any atom is -0.208 e. The molecule has 0 unspecified atom stereocenters. The molecule has 2 heterocycles. The van der Waals surface area contributed by atoms with Crippen LogP contribution < -0.4 is 0 Å². The second-order valence-electron chi connectivity index (χ2n) is 26.2. The van der Waals surface area contributed by atoms with E-state index in [-0.39, 0.29) is 18.3 Å². The molecule has 0 radical (unpaired) electrons. The van der Waals surface area contributed by atoms with Gasteiger partial charge in [-0.15, -0.1) is 0 Å². The fourth-order valence-electron chi connectivity index (χ4n) is 14.6. The second-order valence-corrected chi connectivity index (χ2v) is 26.2. The number of hydrogen-bond acceptors (Lipinski definition) is 6. The minimum absolute atomic E-state index is 0. The third kappa shape index (κ3) is 10.8. The highest BCUT2D eigenvalue weighted by atomic mass is 15.0. The molecule has 0 fully saturated rings. The summed E-state index contributed by atoms with van der Waals surface area (Å²) in [6.07, 6.45) is 0. The van der Waals surface area contributed by atoms with Crippen LogP contribution in [0.2, 0.25) is 0 Å². The van der Waals surface area contributed by atoms with Crippen molar-refractivity contribution in [2.75, 3.05) is 0 Å². The summed E-state index contributed by atoms with van der Waals surface area (Å²) >= 11 is 0. The lowest BCUT2D eigenvalue weighted by atomic mass is 9.81. The molecule has 14 aromatic carbocycles. The third-order valence-electron chi connectivity index (χ3n) is 19.6. The first-order chi connectivity index (χ1) is 47.1. The van der Waals surface area contributed by atoms with Gasteiger partial charge in [0, 0.05) is 44.2 Å². The van der Waals surface area contributed by atoms with E-state index in [4.69, 9.17) is 29.9 Å². The molecule has 0 bridgehead atoms. The van der Waals surface area contributed by atoms with E-state index in [1.54, 1.807) is 0 Å². The molecule has 0 aliphatic heterocycles. The predicted molar refractivity (Wildman–Crippen MR) is 403 cm³/mol. The maximum Gasteiger partial charge on any atom is 0.164 e. The number of aromatic nitrogens is 6. The first kappa shape index (κ1) is 59.9. The Balaban J connectivity index is 0.000000151. The summed E-state index contributed by atoms with van der Waals surface area (Å²) in [5, 5.41) is 7.33. The minimum atomic E-state index is -0.0660. The molecular formula is C91H68N6. The second kappa shape index (κ2) is 24.3. The molecule has 0 N–H and O–H groups in total. The molecule has 6 nitrogen and oxygen atoms in total. The first-order valence-corrected chi connectivity index (χ1v) is 32.9. The van der Waals surface area contributed by atoms with Crippen LogP contribution in [0, 0.1) is 0 Å². The summed E-state index contributed by atoms with van der Waals surface area (Å²) in [7, 11) is 0. The Morgan fingerprint density at radius 2 is 0.546 bits per heavy atom. The Morgan fingerprint density at radius 1 is 0.186 bits per heavy atom. The van der Waals surface area contributed by atoms with Crippen molar-refractivity contribution in [3.8, 4) is 124 Å². The van der Waals surface area contributed by atoms with E-state index in [0.717, 1.165) is 55.5 Å². The van der Waals surface area contributed by atoms with Crippen molar-refractivity contribution in [1.29, 1.82) is 0 Å². The van der Waals surface area contributed by atoms with E-state index in [1.165, 1.54) is 88.1 Å². The monoisotopic (exact) mass is 1240 g/mol. The molecule has 97 heavy (non-hydrogen) atoms. The summed E-state index contributed by atoms with van der Waals surface area (Å²) in [6, 6.07) is 112. The highest BCUT2D eigenvalue weighted by molar-refractivity contribution is 6.04. The Labute approximate surface area is 566 Å². The van der Waals surface area contributed by atoms with Crippen LogP contribution in [0.4, 0.5) is 0 Å². The van der Waals surface area contributed by atoms with Gasteiger partial charge in [0.15, 0.2) is 34.9 Å². The zero-order valence-electron chi connectivity index (χ0n) is 53.7. The predicted octanol–water partition coefficient (Wildman–Crippen LogP) is 23.5. The third-order valence-corrected chi connectivity index (χ3v) is 19.6. The van der Waals surface area contributed by atoms with Crippen LogP contribution in [0.25, 0.3) is 156 Å². The molecule has 0 amide bonds. The Kier molecular flexibility index (Phi) is 15.0. The zero-order valence-corrected chi connectivity index (χ0v) is 53.7. The van der Waals surface area contributed by atoms with Gasteiger partial charge in [0.25, 0.3) is 0 Å². The van der Waals surface area contributed by atoms with Gasteiger partial charge in [-0.05, 0) is 159 Å². The number of hydrogen-bond donors (Lipinski definition) is 0. The molecule has 0 saturated heterocycles. The van der Waals surface area contributed by atoms with E-state index < -0.39 is 0 Å². The van der Waals surface area contributed by atoms with Crippen LogP contribution in [0.15, 0.2) is 315 Å². The van der Waals surface area contributed by atoms with Crippen molar-refractivity contribution in [3.05, 3.63) is 338 Å². The van der Waals surface area contributed by atoms with Gasteiger partial charge in [0.1, 0.15) is 0 Å². The van der Waals surface area contributed by atoms with E-state index in [1.807, 2.05) is 97.1 Å². The highest BCUT2D eigenvalue weighted by Gasteiger charge is 2.37. The smallest absolute Gasteiger partial charge is 0.164 e. The van der Waals surface area contributed by atoms with Gasteiger partial charge in [0.2, 0.25) is 0 Å². The van der Waals surface area contributed by atoms with Gasteiger partial charge < -0.3 is 0 Å². The lowest BCUT2D eigenvalue weighted by Gasteiger charge is -2.22. The van der Waals surface area contributed by atoms with E-state index >= 15 is 0 Å². The van der Waals surface area contributed by atoms with Crippen molar-refractivity contribution in [3.63, 3.8) is 0 Å². The number of nitrogens with zero attached hydrogens (tertiary/aromatic N) is 6. The number of rotatable bonds is 9. The van der Waals surface area contributed by atoms with Gasteiger partial charge in [-0.1, -0.05) is 302 Å². The molecule has 16 aromatic rings. The van der Waals surface area contributed by atoms with Gasteiger partial charge in [-0.25, -0.2) is 29.9 Å². The Bertz CT molecular complexity index is 5630. The summed E-state index contributed by atoms with van der Waals surface area (Å²) in [5.41, 5.74) is 23.5. The SMILES string of the molecule is C.CC1(C)c2ccccc2-c2cc3ccc(-c4cc(-c5nc(-c6ccccc6)nc(-c6ccccc6)n5)cc5ccccc45)cc3cc21.CC1(C)c2ccccc2-c2cc3cccc(-c4cccc(-c5nc(-c6ccccc6)nc(-c6ccc(-c7ccccc7)cc6)n5)c4)c3cc21. The van der Waals surface area contributed by atoms with Gasteiger partial charge in [-0.2, -0.15) is 0 Å². The van der Waals surface area contributed by atoms with Gasteiger partial charge >= 0.3 is 0 Å². The summed E-state index contributed by atoms with van der Waals surface area (Å²) in [4.78, 5) is 30.1. The van der Waals surface area contributed by atoms with Crippen LogP contribution in [-0.2, 0) is 10.8 Å². The van der Waals surface area contributed by atoms with Crippen molar-refractivity contribution in [2.24, 2.45) is 0 Å². The topological polar surface area (TPSA) is 77.3 Å². The highest BCUT2D eigenvalue weighted by Crippen LogP contribution is 2.52. The van der Waals surface area contributed by atoms with Crippen LogP contribution in [0.1, 0.15) is 57.4 Å². The Hall–Kier alpha value is -12.1. The largest absolute Gasteiger partial charge is 0.208 e. The molecule has 2 aliphatic carbocycles. The normalized spacial score (nSPS) is 12.8. The average Bonchev–Trinajstić information content (AvgIpc) is 1.61. The quantitative estimate of drug-likeness (QED) is 0.143. The molecule has 0 atom stereocenters. The maximum atomic E-state index is 5.07. The zero-order chi connectivity index (χ0) is 64.5. The summed E-state index contributed by atoms with van der Waals surface area (Å²) in [6.45, 7) is 9.36. The standard InChI is InChI=1S/C46H33N3.C44H31N3.CH4/c1-46(2)41-22-10-9-20-38(41)40-28-35-18-12-21-37(39(35)29-42(40)46)34-17-11-19-36(27-34)45-48-43(32-15-7-4-8-16-32)47-44(49-45)33-25-23-31(24-26-33)30-13-5-3-6-14-30;1-44(2)39-20-12-11-19-36(39)38-25-30-21-22-32(23-33(30)27-40(38)44)37-26-34(24-31-17-9-10-18-35(31)37)43-46-41(28-13-5-3-6-14-28)45-42(47-43)29-15-7-4-8-16-29;/h3-29H,1-2H3;3-27H,1-2H3;1H4. The molecule has 6 heteroatoms. The lowest BCUT2D eigenvalue weighted by molar-refractivity contribution is 0.661. The van der Waals surface area contributed by atoms with Crippen LogP contribution in [-0.4, -0.2) is 29.9 Å². The van der Waals surface area contributed by atoms with Crippen LogP contribution in [0.3, 0.4) is 0 Å². The lowest BCUT2D eigenvalue weighted by Crippen LogP contribution is -2.14. The molecule has 0 saturated carbocycles. The molecule has 2 aromatic heterocycles. The Morgan fingerprint density at radius 3 is 1.12 bits per heavy atom. The van der Waals surface area contributed by atoms with Crippen molar-refractivity contribution >= 4 is 32.3 Å². The van der Waals surface area contributed by atoms with Crippen LogP contribution in [0.5, 0.6) is 0 Å².